The second kappa shape index (κ2) is 2.82. The molecule has 0 bridgehead atoms. The van der Waals surface area contributed by atoms with E-state index in [1.54, 1.807) is 0 Å². The van der Waals surface area contributed by atoms with E-state index in [-0.39, 0.29) is 12.1 Å². The largest absolute Gasteiger partial charge is 0.460 e. The molecule has 1 fully saturated rings. The van der Waals surface area contributed by atoms with E-state index in [2.05, 4.69) is 5.32 Å². The first-order chi connectivity index (χ1) is 4.33. The van der Waals surface area contributed by atoms with Crippen molar-refractivity contribution in [2.45, 2.75) is 19.4 Å². The molecule has 3 heteroatoms. The van der Waals surface area contributed by atoms with Crippen molar-refractivity contribution in [3.05, 3.63) is 0 Å². The summed E-state index contributed by atoms with van der Waals surface area (Å²) in [5.74, 6) is -0.131. The van der Waals surface area contributed by atoms with Crippen molar-refractivity contribution in [1.29, 1.82) is 0 Å². The molecule has 1 heterocycles. The van der Waals surface area contributed by atoms with Gasteiger partial charge in [-0.2, -0.15) is 0 Å². The highest BCUT2D eigenvalue weighted by Crippen LogP contribution is 1.99. The molecule has 1 saturated heterocycles. The van der Waals surface area contributed by atoms with Crippen LogP contribution in [-0.2, 0) is 9.53 Å². The number of nitrogens with one attached hydrogen (secondary N) is 1. The minimum atomic E-state index is -0.131. The summed E-state index contributed by atoms with van der Waals surface area (Å²) in [6, 6.07) is 0. The molecule has 9 heavy (non-hydrogen) atoms. The van der Waals surface area contributed by atoms with Crippen LogP contribution in [0.25, 0.3) is 0 Å². The van der Waals surface area contributed by atoms with Gasteiger partial charge in [0.25, 0.3) is 0 Å². The Hall–Kier alpha value is -0.570. The third-order valence-corrected chi connectivity index (χ3v) is 1.39. The van der Waals surface area contributed by atoms with Crippen LogP contribution in [0.5, 0.6) is 0 Å². The predicted molar refractivity (Wildman–Crippen MR) is 33.0 cm³/mol. The van der Waals surface area contributed by atoms with Gasteiger partial charge in [-0.05, 0) is 6.42 Å². The second-order valence-electron chi connectivity index (χ2n) is 2.15. The van der Waals surface area contributed by atoms with E-state index in [1.807, 2.05) is 6.92 Å². The van der Waals surface area contributed by atoms with Crippen molar-refractivity contribution >= 4 is 5.97 Å². The monoisotopic (exact) mass is 129 g/mol. The molecule has 1 rings (SSSR count). The highest BCUT2D eigenvalue weighted by Gasteiger charge is 2.16. The molecular formula is C6H11NO2. The van der Waals surface area contributed by atoms with Crippen LogP contribution in [0.4, 0.5) is 0 Å². The summed E-state index contributed by atoms with van der Waals surface area (Å²) in [6.45, 7) is 3.18. The Balaban J connectivity index is 2.32. The lowest BCUT2D eigenvalue weighted by Gasteiger charge is -2.21. The van der Waals surface area contributed by atoms with Gasteiger partial charge in [0.15, 0.2) is 0 Å². The van der Waals surface area contributed by atoms with Gasteiger partial charge in [0, 0.05) is 6.54 Å². The number of carbonyl (C=O) groups is 1. The van der Waals surface area contributed by atoms with Crippen molar-refractivity contribution in [3.8, 4) is 0 Å². The highest BCUT2D eigenvalue weighted by molar-refractivity contribution is 5.72. The maximum absolute atomic E-state index is 10.5. The molecule has 0 amide bonds. The Kier molecular flexibility index (Phi) is 2.05. The van der Waals surface area contributed by atoms with Crippen molar-refractivity contribution in [2.75, 3.05) is 13.1 Å². The molecule has 0 aromatic heterocycles. The topological polar surface area (TPSA) is 38.3 Å². The number of cyclic esters (lactones) is 1. The summed E-state index contributed by atoms with van der Waals surface area (Å²) in [5, 5.41) is 2.96. The molecule has 0 saturated carbocycles. The summed E-state index contributed by atoms with van der Waals surface area (Å²) >= 11 is 0. The normalized spacial score (nSPS) is 27.7. The van der Waals surface area contributed by atoms with Crippen molar-refractivity contribution in [3.63, 3.8) is 0 Å². The SMILES string of the molecule is CC[C@H]1CNCC(=O)O1. The standard InChI is InChI=1S/C6H11NO2/c1-2-5-3-7-4-6(8)9-5/h5,7H,2-4H2,1H3/t5-/m0/s1. The fraction of sp³-hybridized carbons (Fsp3) is 0.833. The molecule has 1 atom stereocenters. The molecule has 0 spiro atoms. The maximum atomic E-state index is 10.5. The van der Waals surface area contributed by atoms with Crippen LogP contribution in [0.3, 0.4) is 0 Å². The molecule has 0 unspecified atom stereocenters. The third kappa shape index (κ3) is 1.68. The number of hydrogen-bond acceptors (Lipinski definition) is 3. The molecule has 0 aromatic rings. The smallest absolute Gasteiger partial charge is 0.320 e. The summed E-state index contributed by atoms with van der Waals surface area (Å²) < 4.78 is 4.93. The Bertz CT molecular complexity index is 114. The van der Waals surface area contributed by atoms with Gasteiger partial charge in [0.1, 0.15) is 6.10 Å². The van der Waals surface area contributed by atoms with Crippen molar-refractivity contribution < 1.29 is 9.53 Å². The average molecular weight is 129 g/mol. The minimum absolute atomic E-state index is 0.103. The number of hydrogen-bond donors (Lipinski definition) is 1. The third-order valence-electron chi connectivity index (χ3n) is 1.39. The fourth-order valence-electron chi connectivity index (χ4n) is 0.832. The van der Waals surface area contributed by atoms with E-state index >= 15 is 0 Å². The van der Waals surface area contributed by atoms with Gasteiger partial charge >= 0.3 is 5.97 Å². The molecule has 1 N–H and O–H groups in total. The molecular weight excluding hydrogens is 118 g/mol. The number of carbonyl (C=O) groups excluding carboxylic acids is 1. The van der Waals surface area contributed by atoms with Crippen LogP contribution in [0.2, 0.25) is 0 Å². The first kappa shape index (κ1) is 6.55. The molecule has 1 aliphatic heterocycles. The Labute approximate surface area is 54.4 Å². The van der Waals surface area contributed by atoms with Crippen LogP contribution in [-0.4, -0.2) is 25.2 Å². The Morgan fingerprint density at radius 2 is 2.67 bits per heavy atom. The lowest BCUT2D eigenvalue weighted by Crippen LogP contribution is -2.41. The van der Waals surface area contributed by atoms with E-state index in [4.69, 9.17) is 4.74 Å². The van der Waals surface area contributed by atoms with Crippen LogP contribution in [0.1, 0.15) is 13.3 Å². The zero-order chi connectivity index (χ0) is 6.69. The predicted octanol–water partition coefficient (Wildman–Crippen LogP) is -0.0886. The number of ether oxygens (including phenoxy) is 1. The molecule has 0 aromatic carbocycles. The Morgan fingerprint density at radius 1 is 1.89 bits per heavy atom. The van der Waals surface area contributed by atoms with E-state index in [1.165, 1.54) is 0 Å². The quantitative estimate of drug-likeness (QED) is 0.503. The van der Waals surface area contributed by atoms with Crippen LogP contribution < -0.4 is 5.32 Å². The van der Waals surface area contributed by atoms with Crippen LogP contribution in [0, 0.1) is 0 Å². The van der Waals surface area contributed by atoms with Gasteiger partial charge < -0.3 is 10.1 Å². The summed E-state index contributed by atoms with van der Waals surface area (Å²) in [4.78, 5) is 10.5. The molecule has 1 aliphatic rings. The summed E-state index contributed by atoms with van der Waals surface area (Å²) in [5.41, 5.74) is 0. The molecule has 0 radical (unpaired) electrons. The second-order valence-corrected chi connectivity index (χ2v) is 2.15. The number of morpholine rings is 1. The van der Waals surface area contributed by atoms with Gasteiger partial charge in [-0.1, -0.05) is 6.92 Å². The number of rotatable bonds is 1. The lowest BCUT2D eigenvalue weighted by molar-refractivity contribution is -0.151. The van der Waals surface area contributed by atoms with Crippen LogP contribution >= 0.6 is 0 Å². The summed E-state index contributed by atoms with van der Waals surface area (Å²) in [7, 11) is 0. The highest BCUT2D eigenvalue weighted by atomic mass is 16.5. The van der Waals surface area contributed by atoms with Crippen molar-refractivity contribution in [2.24, 2.45) is 0 Å². The summed E-state index contributed by atoms with van der Waals surface area (Å²) in [6.07, 6.45) is 1.00. The molecule has 0 aliphatic carbocycles. The van der Waals surface area contributed by atoms with Gasteiger partial charge in [0.05, 0.1) is 6.54 Å². The zero-order valence-corrected chi connectivity index (χ0v) is 5.52. The van der Waals surface area contributed by atoms with Gasteiger partial charge in [-0.15, -0.1) is 0 Å². The first-order valence-electron chi connectivity index (χ1n) is 3.23. The Morgan fingerprint density at radius 3 is 3.11 bits per heavy atom. The zero-order valence-electron chi connectivity index (χ0n) is 5.52. The van der Waals surface area contributed by atoms with Gasteiger partial charge in [-0.3, -0.25) is 4.79 Å². The van der Waals surface area contributed by atoms with E-state index in [0.29, 0.717) is 6.54 Å². The fourth-order valence-corrected chi connectivity index (χ4v) is 0.832. The van der Waals surface area contributed by atoms with E-state index < -0.39 is 0 Å². The van der Waals surface area contributed by atoms with Gasteiger partial charge in [-0.25, -0.2) is 0 Å². The van der Waals surface area contributed by atoms with E-state index in [9.17, 15) is 4.79 Å². The average Bonchev–Trinajstić information content (AvgIpc) is 1.88. The number of esters is 1. The lowest BCUT2D eigenvalue weighted by atomic mass is 10.2. The van der Waals surface area contributed by atoms with Gasteiger partial charge in [0.2, 0.25) is 0 Å². The van der Waals surface area contributed by atoms with Crippen molar-refractivity contribution in [1.82, 2.24) is 5.32 Å². The molecule has 52 valence electrons. The first-order valence-corrected chi connectivity index (χ1v) is 3.23. The van der Waals surface area contributed by atoms with Crippen LogP contribution in [0.15, 0.2) is 0 Å². The maximum Gasteiger partial charge on any atom is 0.320 e. The molecule has 3 nitrogen and oxygen atoms in total. The van der Waals surface area contributed by atoms with E-state index in [0.717, 1.165) is 13.0 Å². The minimum Gasteiger partial charge on any atom is -0.460 e.